The number of nitrogens with zero attached hydrogens (tertiary/aromatic N) is 2. The largest absolute Gasteiger partial charge is 0.417 e. The molecule has 0 saturated carbocycles. The second-order valence-corrected chi connectivity index (χ2v) is 4.02. The van der Waals surface area contributed by atoms with Crippen LogP contribution >= 0.6 is 0 Å². The lowest BCUT2D eigenvalue weighted by atomic mass is 10.1. The van der Waals surface area contributed by atoms with Gasteiger partial charge in [0, 0.05) is 5.56 Å². The predicted octanol–water partition coefficient (Wildman–Crippen LogP) is 3.33. The Bertz CT molecular complexity index is 644. The van der Waals surface area contributed by atoms with Gasteiger partial charge >= 0.3 is 6.18 Å². The quantitative estimate of drug-likeness (QED) is 0.819. The number of alkyl halides is 3. The molecule has 0 aliphatic carbocycles. The first-order chi connectivity index (χ1) is 9.20. The maximum atomic E-state index is 13.3. The van der Waals surface area contributed by atoms with Crippen molar-refractivity contribution in [1.82, 2.24) is 9.97 Å². The monoisotopic (exact) mass is 289 g/mol. The molecule has 20 heavy (non-hydrogen) atoms. The number of halogens is 5. The van der Waals surface area contributed by atoms with Crippen molar-refractivity contribution in [3.8, 4) is 11.4 Å². The van der Waals surface area contributed by atoms with E-state index in [-0.39, 0.29) is 5.69 Å². The Morgan fingerprint density at radius 3 is 2.30 bits per heavy atom. The van der Waals surface area contributed by atoms with Crippen LogP contribution in [-0.2, 0) is 6.18 Å². The molecule has 3 nitrogen and oxygen atoms in total. The molecule has 2 aromatic rings. The van der Waals surface area contributed by atoms with Crippen LogP contribution in [0.3, 0.4) is 0 Å². The topological polar surface area (TPSA) is 51.8 Å². The molecule has 1 aromatic carbocycles. The van der Waals surface area contributed by atoms with Gasteiger partial charge in [-0.1, -0.05) is 0 Å². The molecule has 8 heteroatoms. The maximum Gasteiger partial charge on any atom is 0.417 e. The zero-order chi connectivity index (χ0) is 15.1. The van der Waals surface area contributed by atoms with Crippen molar-refractivity contribution in [2.24, 2.45) is 0 Å². The SMILES string of the molecule is Cc1nc(-c2ccc(F)cc2C(F)(F)F)nc(N)c1F. The maximum absolute atomic E-state index is 13.3. The normalized spacial score (nSPS) is 11.7. The van der Waals surface area contributed by atoms with Crippen molar-refractivity contribution >= 4 is 5.82 Å². The van der Waals surface area contributed by atoms with Crippen molar-refractivity contribution in [1.29, 1.82) is 0 Å². The van der Waals surface area contributed by atoms with Crippen LogP contribution < -0.4 is 5.73 Å². The molecule has 0 aliphatic rings. The fraction of sp³-hybridized carbons (Fsp3) is 0.167. The van der Waals surface area contributed by atoms with Crippen molar-refractivity contribution < 1.29 is 22.0 Å². The standard InChI is InChI=1S/C12H8F5N3/c1-5-9(14)10(18)20-11(19-5)7-3-2-6(13)4-8(7)12(15,16)17/h2-4H,1H3,(H2,18,19,20). The fourth-order valence-electron chi connectivity index (χ4n) is 1.65. The van der Waals surface area contributed by atoms with Crippen LogP contribution in [0.5, 0.6) is 0 Å². The van der Waals surface area contributed by atoms with Gasteiger partial charge in [-0.3, -0.25) is 0 Å². The van der Waals surface area contributed by atoms with Gasteiger partial charge in [-0.05, 0) is 25.1 Å². The number of hydrogen-bond donors (Lipinski definition) is 1. The minimum Gasteiger partial charge on any atom is -0.381 e. The Morgan fingerprint density at radius 1 is 1.10 bits per heavy atom. The van der Waals surface area contributed by atoms with E-state index >= 15 is 0 Å². The summed E-state index contributed by atoms with van der Waals surface area (Å²) in [4.78, 5) is 7.10. The molecule has 106 valence electrons. The highest BCUT2D eigenvalue weighted by Gasteiger charge is 2.35. The first kappa shape index (κ1) is 14.2. The molecule has 0 spiro atoms. The summed E-state index contributed by atoms with van der Waals surface area (Å²) in [5.74, 6) is -2.92. The lowest BCUT2D eigenvalue weighted by molar-refractivity contribution is -0.137. The van der Waals surface area contributed by atoms with Crippen molar-refractivity contribution in [2.75, 3.05) is 5.73 Å². The van der Waals surface area contributed by atoms with Crippen molar-refractivity contribution in [3.63, 3.8) is 0 Å². The number of nitrogen functional groups attached to an aromatic ring is 1. The summed E-state index contributed by atoms with van der Waals surface area (Å²) in [6.07, 6.45) is -4.79. The summed E-state index contributed by atoms with van der Waals surface area (Å²) in [6, 6.07) is 2.04. The number of aromatic nitrogens is 2. The summed E-state index contributed by atoms with van der Waals surface area (Å²) in [5, 5.41) is 0. The van der Waals surface area contributed by atoms with Gasteiger partial charge in [0.05, 0.1) is 11.3 Å². The summed E-state index contributed by atoms with van der Waals surface area (Å²) in [6.45, 7) is 1.24. The van der Waals surface area contributed by atoms with E-state index in [4.69, 9.17) is 5.73 Å². The second-order valence-electron chi connectivity index (χ2n) is 4.02. The predicted molar refractivity (Wildman–Crippen MR) is 61.5 cm³/mol. The number of hydrogen-bond acceptors (Lipinski definition) is 3. The summed E-state index contributed by atoms with van der Waals surface area (Å²) in [5.41, 5.74) is 3.37. The highest BCUT2D eigenvalue weighted by molar-refractivity contribution is 5.62. The molecule has 0 aliphatic heterocycles. The Hall–Kier alpha value is -2.25. The van der Waals surface area contributed by atoms with Gasteiger partial charge in [0.2, 0.25) is 0 Å². The van der Waals surface area contributed by atoms with E-state index in [2.05, 4.69) is 9.97 Å². The fourth-order valence-corrected chi connectivity index (χ4v) is 1.65. The van der Waals surface area contributed by atoms with Gasteiger partial charge in [0.15, 0.2) is 17.5 Å². The van der Waals surface area contributed by atoms with Crippen molar-refractivity contribution in [2.45, 2.75) is 13.1 Å². The number of benzene rings is 1. The highest BCUT2D eigenvalue weighted by atomic mass is 19.4. The van der Waals surface area contributed by atoms with Crippen LogP contribution in [0.4, 0.5) is 27.8 Å². The number of nitrogens with two attached hydrogens (primary N) is 1. The van der Waals surface area contributed by atoms with Gasteiger partial charge in [-0.2, -0.15) is 13.2 Å². The average Bonchev–Trinajstić information content (AvgIpc) is 2.34. The molecular weight excluding hydrogens is 281 g/mol. The molecule has 2 rings (SSSR count). The van der Waals surface area contributed by atoms with E-state index in [1.165, 1.54) is 6.92 Å². The highest BCUT2D eigenvalue weighted by Crippen LogP contribution is 2.36. The van der Waals surface area contributed by atoms with E-state index in [0.717, 1.165) is 12.1 Å². The van der Waals surface area contributed by atoms with E-state index < -0.39 is 40.6 Å². The molecule has 0 bridgehead atoms. The molecule has 0 unspecified atom stereocenters. The third kappa shape index (κ3) is 2.54. The summed E-state index contributed by atoms with van der Waals surface area (Å²) >= 11 is 0. The average molecular weight is 289 g/mol. The van der Waals surface area contributed by atoms with Crippen LogP contribution in [0.25, 0.3) is 11.4 Å². The van der Waals surface area contributed by atoms with Gasteiger partial charge in [0.25, 0.3) is 0 Å². The molecule has 0 fully saturated rings. The van der Waals surface area contributed by atoms with Gasteiger partial charge in [0.1, 0.15) is 5.82 Å². The molecule has 0 amide bonds. The molecule has 1 heterocycles. The van der Waals surface area contributed by atoms with Gasteiger partial charge in [-0.15, -0.1) is 0 Å². The molecule has 2 N–H and O–H groups in total. The molecular formula is C12H8F5N3. The van der Waals surface area contributed by atoms with Gasteiger partial charge < -0.3 is 5.73 Å². The zero-order valence-corrected chi connectivity index (χ0v) is 10.1. The van der Waals surface area contributed by atoms with Crippen LogP contribution in [0.1, 0.15) is 11.3 Å². The van der Waals surface area contributed by atoms with Crippen LogP contribution in [0.15, 0.2) is 18.2 Å². The first-order valence-electron chi connectivity index (χ1n) is 5.37. The van der Waals surface area contributed by atoms with E-state index in [1.807, 2.05) is 0 Å². The molecule has 0 radical (unpaired) electrons. The summed E-state index contributed by atoms with van der Waals surface area (Å²) in [7, 11) is 0. The van der Waals surface area contributed by atoms with Crippen molar-refractivity contribution in [3.05, 3.63) is 41.1 Å². The van der Waals surface area contributed by atoms with Crippen LogP contribution in [-0.4, -0.2) is 9.97 Å². The lowest BCUT2D eigenvalue weighted by Crippen LogP contribution is -2.10. The van der Waals surface area contributed by atoms with E-state index in [9.17, 15) is 22.0 Å². The molecule has 0 atom stereocenters. The van der Waals surface area contributed by atoms with E-state index in [1.54, 1.807) is 0 Å². The molecule has 1 aromatic heterocycles. The van der Waals surface area contributed by atoms with Crippen LogP contribution in [0.2, 0.25) is 0 Å². The number of rotatable bonds is 1. The number of aryl methyl sites for hydroxylation is 1. The first-order valence-corrected chi connectivity index (χ1v) is 5.37. The Kier molecular flexibility index (Phi) is 3.33. The minimum atomic E-state index is -4.79. The third-order valence-corrected chi connectivity index (χ3v) is 2.57. The minimum absolute atomic E-state index is 0.190. The third-order valence-electron chi connectivity index (χ3n) is 2.57. The number of anilines is 1. The lowest BCUT2D eigenvalue weighted by Gasteiger charge is -2.13. The zero-order valence-electron chi connectivity index (χ0n) is 10.1. The smallest absolute Gasteiger partial charge is 0.381 e. The van der Waals surface area contributed by atoms with E-state index in [0.29, 0.717) is 6.07 Å². The Balaban J connectivity index is 2.70. The second kappa shape index (κ2) is 4.69. The summed E-state index contributed by atoms with van der Waals surface area (Å²) < 4.78 is 64.9. The Labute approximate surface area is 110 Å². The Morgan fingerprint density at radius 2 is 1.75 bits per heavy atom. The van der Waals surface area contributed by atoms with Gasteiger partial charge in [-0.25, -0.2) is 18.7 Å². The molecule has 0 saturated heterocycles. The van der Waals surface area contributed by atoms with Crippen LogP contribution in [0, 0.1) is 18.6 Å².